The third-order valence-electron chi connectivity index (χ3n) is 8.33. The van der Waals surface area contributed by atoms with Crippen molar-refractivity contribution in [3.8, 4) is 11.1 Å². The van der Waals surface area contributed by atoms with E-state index in [1.807, 2.05) is 22.8 Å². The maximum atomic E-state index is 12.3. The van der Waals surface area contributed by atoms with E-state index in [-0.39, 0.29) is 5.91 Å². The van der Waals surface area contributed by atoms with Gasteiger partial charge in [0.15, 0.2) is 5.82 Å². The molecule has 3 aliphatic heterocycles. The van der Waals surface area contributed by atoms with E-state index in [4.69, 9.17) is 9.84 Å². The van der Waals surface area contributed by atoms with Gasteiger partial charge in [0.05, 0.1) is 12.7 Å². The van der Waals surface area contributed by atoms with Crippen LogP contribution in [0.2, 0.25) is 0 Å². The van der Waals surface area contributed by atoms with Crippen molar-refractivity contribution in [3.63, 3.8) is 0 Å². The molecular formula is C28H36N6O2. The lowest BCUT2D eigenvalue weighted by Crippen LogP contribution is -2.35. The Morgan fingerprint density at radius 1 is 1.22 bits per heavy atom. The van der Waals surface area contributed by atoms with Gasteiger partial charge in [-0.1, -0.05) is 6.07 Å². The number of aromatic nitrogens is 4. The number of aryl methyl sites for hydroxylation is 3. The summed E-state index contributed by atoms with van der Waals surface area (Å²) in [6.45, 7) is 8.81. The van der Waals surface area contributed by atoms with E-state index in [0.29, 0.717) is 12.5 Å². The Hall–Kier alpha value is -3.13. The van der Waals surface area contributed by atoms with Crippen LogP contribution in [-0.4, -0.2) is 56.7 Å². The van der Waals surface area contributed by atoms with E-state index in [2.05, 4.69) is 39.8 Å². The van der Waals surface area contributed by atoms with Crippen molar-refractivity contribution in [1.82, 2.24) is 24.5 Å². The van der Waals surface area contributed by atoms with Crippen LogP contribution in [0.4, 0.5) is 11.5 Å². The zero-order valence-corrected chi connectivity index (χ0v) is 21.7. The summed E-state index contributed by atoms with van der Waals surface area (Å²) in [6, 6.07) is 6.80. The van der Waals surface area contributed by atoms with Crippen molar-refractivity contribution in [1.29, 1.82) is 0 Å². The van der Waals surface area contributed by atoms with Crippen molar-refractivity contribution in [2.24, 2.45) is 13.0 Å². The fourth-order valence-electron chi connectivity index (χ4n) is 6.03. The first kappa shape index (κ1) is 23.3. The maximum Gasteiger partial charge on any atom is 0.219 e. The number of benzene rings is 1. The van der Waals surface area contributed by atoms with Gasteiger partial charge in [0.2, 0.25) is 5.91 Å². The van der Waals surface area contributed by atoms with E-state index in [0.717, 1.165) is 70.8 Å². The Bertz CT molecular complexity index is 1290. The van der Waals surface area contributed by atoms with Gasteiger partial charge >= 0.3 is 0 Å². The summed E-state index contributed by atoms with van der Waals surface area (Å²) in [7, 11) is 1.99. The molecule has 0 unspecified atom stereocenters. The third-order valence-corrected chi connectivity index (χ3v) is 8.33. The van der Waals surface area contributed by atoms with E-state index >= 15 is 0 Å². The number of nitrogens with zero attached hydrogens (tertiary/aromatic N) is 6. The Labute approximate surface area is 212 Å². The third kappa shape index (κ3) is 4.11. The molecule has 8 heteroatoms. The molecule has 36 heavy (non-hydrogen) atoms. The quantitative estimate of drug-likeness (QED) is 0.543. The van der Waals surface area contributed by atoms with Gasteiger partial charge in [0.25, 0.3) is 0 Å². The summed E-state index contributed by atoms with van der Waals surface area (Å²) in [5.41, 5.74) is 8.70. The molecular weight excluding hydrogens is 452 g/mol. The van der Waals surface area contributed by atoms with Crippen LogP contribution in [0.25, 0.3) is 11.1 Å². The second kappa shape index (κ2) is 9.39. The monoisotopic (exact) mass is 488 g/mol. The molecule has 5 heterocycles. The molecule has 1 fully saturated rings. The number of carbonyl (C=O) groups excluding carboxylic acids is 1. The molecule has 0 saturated carbocycles. The molecule has 0 spiro atoms. The zero-order chi connectivity index (χ0) is 24.8. The van der Waals surface area contributed by atoms with Gasteiger partial charge in [0.1, 0.15) is 0 Å². The predicted octanol–water partition coefficient (Wildman–Crippen LogP) is 4.01. The highest BCUT2D eigenvalue weighted by Crippen LogP contribution is 2.39. The smallest absolute Gasteiger partial charge is 0.219 e. The molecule has 6 rings (SSSR count). The molecule has 2 aromatic heterocycles. The first-order valence-electron chi connectivity index (χ1n) is 13.3. The summed E-state index contributed by atoms with van der Waals surface area (Å²) >= 11 is 0. The van der Waals surface area contributed by atoms with Crippen molar-refractivity contribution >= 4 is 17.4 Å². The van der Waals surface area contributed by atoms with Crippen LogP contribution < -0.4 is 4.90 Å². The van der Waals surface area contributed by atoms with Gasteiger partial charge in [0, 0.05) is 81.4 Å². The first-order chi connectivity index (χ1) is 17.5. The Morgan fingerprint density at radius 3 is 2.86 bits per heavy atom. The SMILES string of the molecule is CC(=O)N1CCc2c(c(N3CCCc4cc(-c5cnn(C)c5C)ccc43)nn2CC[C@H]2CCOC2)C1. The van der Waals surface area contributed by atoms with Gasteiger partial charge in [-0.2, -0.15) is 10.2 Å². The average Bonchev–Trinajstić information content (AvgIpc) is 3.61. The number of amides is 1. The highest BCUT2D eigenvalue weighted by Gasteiger charge is 2.31. The second-order valence-corrected chi connectivity index (χ2v) is 10.5. The predicted molar refractivity (Wildman–Crippen MR) is 139 cm³/mol. The van der Waals surface area contributed by atoms with Crippen molar-refractivity contribution in [2.75, 3.05) is 31.2 Å². The van der Waals surface area contributed by atoms with Crippen molar-refractivity contribution < 1.29 is 9.53 Å². The molecule has 0 radical (unpaired) electrons. The van der Waals surface area contributed by atoms with E-state index in [1.54, 1.807) is 6.92 Å². The molecule has 8 nitrogen and oxygen atoms in total. The number of rotatable bonds is 5. The molecule has 1 amide bonds. The molecule has 1 atom stereocenters. The highest BCUT2D eigenvalue weighted by atomic mass is 16.5. The first-order valence-corrected chi connectivity index (χ1v) is 13.3. The standard InChI is InChI=1S/C28H36N6O2/c1-19-24(16-29-31(19)3)22-6-7-26-23(15-22)5-4-11-33(26)28-25-17-32(20(2)35)12-9-27(25)34(30-28)13-8-21-10-14-36-18-21/h6-7,15-16,21H,4-5,8-14,17-18H2,1-3H3/t21-/m0/s1. The van der Waals surface area contributed by atoms with Crippen LogP contribution in [0.5, 0.6) is 0 Å². The number of carbonyl (C=O) groups is 1. The lowest BCUT2D eigenvalue weighted by Gasteiger charge is -2.32. The van der Waals surface area contributed by atoms with Gasteiger partial charge in [-0.25, -0.2) is 0 Å². The Kier molecular flexibility index (Phi) is 6.07. The summed E-state index contributed by atoms with van der Waals surface area (Å²) in [5.74, 6) is 1.79. The fourth-order valence-corrected chi connectivity index (χ4v) is 6.03. The molecule has 0 aliphatic carbocycles. The van der Waals surface area contributed by atoms with Gasteiger partial charge in [-0.15, -0.1) is 0 Å². The summed E-state index contributed by atoms with van der Waals surface area (Å²) in [5, 5.41) is 9.66. The molecule has 0 N–H and O–H groups in total. The number of hydrogen-bond acceptors (Lipinski definition) is 5. The lowest BCUT2D eigenvalue weighted by atomic mass is 9.96. The largest absolute Gasteiger partial charge is 0.381 e. The number of fused-ring (bicyclic) bond motifs is 2. The lowest BCUT2D eigenvalue weighted by molar-refractivity contribution is -0.129. The van der Waals surface area contributed by atoms with Crippen LogP contribution in [0, 0.1) is 12.8 Å². The van der Waals surface area contributed by atoms with Crippen LogP contribution in [0.3, 0.4) is 0 Å². The van der Waals surface area contributed by atoms with E-state index in [9.17, 15) is 4.79 Å². The molecule has 3 aromatic rings. The fraction of sp³-hybridized carbons (Fsp3) is 0.536. The molecule has 1 saturated heterocycles. The minimum Gasteiger partial charge on any atom is -0.381 e. The minimum absolute atomic E-state index is 0.137. The van der Waals surface area contributed by atoms with Crippen LogP contribution >= 0.6 is 0 Å². The molecule has 190 valence electrons. The van der Waals surface area contributed by atoms with E-state index < -0.39 is 0 Å². The van der Waals surface area contributed by atoms with E-state index in [1.165, 1.54) is 39.3 Å². The summed E-state index contributed by atoms with van der Waals surface area (Å²) in [6.07, 6.45) is 7.20. The van der Waals surface area contributed by atoms with Crippen LogP contribution in [0.1, 0.15) is 48.7 Å². The van der Waals surface area contributed by atoms with Gasteiger partial charge < -0.3 is 14.5 Å². The van der Waals surface area contributed by atoms with Crippen LogP contribution in [0.15, 0.2) is 24.4 Å². The number of anilines is 2. The molecule has 3 aliphatic rings. The van der Waals surface area contributed by atoms with Crippen molar-refractivity contribution in [2.45, 2.75) is 59.0 Å². The topological polar surface area (TPSA) is 68.4 Å². The molecule has 1 aromatic carbocycles. The van der Waals surface area contributed by atoms with Gasteiger partial charge in [-0.05, 0) is 61.8 Å². The normalized spacial score (nSPS) is 19.5. The summed E-state index contributed by atoms with van der Waals surface area (Å²) < 4.78 is 9.77. The number of hydrogen-bond donors (Lipinski definition) is 0. The maximum absolute atomic E-state index is 12.3. The second-order valence-electron chi connectivity index (χ2n) is 10.5. The number of ether oxygens (including phenoxy) is 1. The Morgan fingerprint density at radius 2 is 2.11 bits per heavy atom. The van der Waals surface area contributed by atoms with Gasteiger partial charge in [-0.3, -0.25) is 14.2 Å². The Balaban J connectivity index is 1.36. The van der Waals surface area contributed by atoms with Crippen molar-refractivity contribution in [3.05, 3.63) is 46.9 Å². The molecule has 0 bridgehead atoms. The zero-order valence-electron chi connectivity index (χ0n) is 21.7. The van der Waals surface area contributed by atoms with Crippen LogP contribution in [-0.2, 0) is 42.5 Å². The summed E-state index contributed by atoms with van der Waals surface area (Å²) in [4.78, 5) is 16.6. The minimum atomic E-state index is 0.137. The highest BCUT2D eigenvalue weighted by molar-refractivity contribution is 5.76. The average molecular weight is 489 g/mol.